The molecule has 1 aromatic carbocycles. The Morgan fingerprint density at radius 3 is 2.22 bits per heavy atom. The van der Waals surface area contributed by atoms with Crippen LogP contribution in [0.4, 0.5) is 0 Å². The van der Waals surface area contributed by atoms with Crippen LogP contribution in [0.1, 0.15) is 58.8 Å². The van der Waals surface area contributed by atoms with Crippen molar-refractivity contribution in [2.24, 2.45) is 0 Å². The number of esters is 1. The second-order valence-corrected chi connectivity index (χ2v) is 9.79. The number of nitrogens with zero attached hydrogens (tertiary/aromatic N) is 2. The predicted octanol–water partition coefficient (Wildman–Crippen LogP) is 3.34. The van der Waals surface area contributed by atoms with Gasteiger partial charge in [-0.15, -0.1) is 0 Å². The number of carbonyl (C=O) groups is 2. The first kappa shape index (κ1) is 24.0. The Balaban J connectivity index is 2.04. The first-order valence-corrected chi connectivity index (χ1v) is 12.0. The van der Waals surface area contributed by atoms with Crippen LogP contribution in [0.3, 0.4) is 0 Å². The molecule has 2 aromatic rings. The minimum Gasteiger partial charge on any atom is -0.497 e. The zero-order valence-corrected chi connectivity index (χ0v) is 20.2. The zero-order chi connectivity index (χ0) is 23.8. The van der Waals surface area contributed by atoms with Gasteiger partial charge in [0.05, 0.1) is 25.2 Å². The van der Waals surface area contributed by atoms with Crippen molar-refractivity contribution in [3.8, 4) is 5.75 Å². The molecule has 0 radical (unpaired) electrons. The smallest absolute Gasteiger partial charge is 0.354 e. The van der Waals surface area contributed by atoms with Crippen LogP contribution >= 0.6 is 0 Å². The maximum Gasteiger partial charge on any atom is 0.354 e. The van der Waals surface area contributed by atoms with Crippen molar-refractivity contribution in [3.05, 3.63) is 46.8 Å². The molecule has 174 valence electrons. The van der Waals surface area contributed by atoms with Gasteiger partial charge in [0.2, 0.25) is 10.0 Å². The van der Waals surface area contributed by atoms with E-state index in [9.17, 15) is 18.0 Å². The summed E-state index contributed by atoms with van der Waals surface area (Å²) in [7, 11) is -1.11. The van der Waals surface area contributed by atoms with E-state index in [2.05, 4.69) is 0 Å². The molecule has 1 heterocycles. The van der Waals surface area contributed by atoms with Crippen molar-refractivity contribution in [3.63, 3.8) is 0 Å². The number of rotatable bonds is 9. The first-order valence-electron chi connectivity index (χ1n) is 10.6. The fourth-order valence-corrected chi connectivity index (χ4v) is 6.10. The van der Waals surface area contributed by atoms with E-state index in [-0.39, 0.29) is 16.7 Å². The second kappa shape index (κ2) is 9.07. The molecule has 1 saturated carbocycles. The van der Waals surface area contributed by atoms with Crippen LogP contribution in [-0.4, -0.2) is 55.3 Å². The third-order valence-corrected chi connectivity index (χ3v) is 8.05. The Bertz CT molecular complexity index is 1130. The molecule has 1 fully saturated rings. The normalized spacial score (nSPS) is 15.0. The number of ether oxygens (including phenoxy) is 2. The molecule has 0 saturated heterocycles. The molecule has 1 aromatic heterocycles. The lowest BCUT2D eigenvalue weighted by Crippen LogP contribution is -2.45. The maximum absolute atomic E-state index is 13.6. The van der Waals surface area contributed by atoms with E-state index in [1.807, 2.05) is 6.92 Å². The minimum absolute atomic E-state index is 0.111. The molecule has 3 rings (SSSR count). The highest BCUT2D eigenvalue weighted by molar-refractivity contribution is 7.89. The van der Waals surface area contributed by atoms with E-state index in [0.29, 0.717) is 47.7 Å². The molecule has 8 nitrogen and oxygen atoms in total. The second-order valence-electron chi connectivity index (χ2n) is 7.95. The molecule has 0 unspecified atom stereocenters. The van der Waals surface area contributed by atoms with Crippen LogP contribution in [-0.2, 0) is 21.3 Å². The molecule has 0 aliphatic heterocycles. The number of Topliss-reactive ketones (excluding diaryl/α,β-unsaturated/α-hetero) is 1. The number of carbonyl (C=O) groups excluding carboxylic acids is 2. The summed E-state index contributed by atoms with van der Waals surface area (Å²) in [5.41, 5.74) is 1.82. The lowest BCUT2D eigenvalue weighted by Gasteiger charge is -2.28. The van der Waals surface area contributed by atoms with E-state index < -0.39 is 22.0 Å². The fourth-order valence-electron chi connectivity index (χ4n) is 4.26. The Labute approximate surface area is 189 Å². The summed E-state index contributed by atoms with van der Waals surface area (Å²) in [4.78, 5) is 26.1. The Kier molecular flexibility index (Phi) is 6.80. The third kappa shape index (κ3) is 4.06. The van der Waals surface area contributed by atoms with Gasteiger partial charge < -0.3 is 14.0 Å². The number of hydrogen-bond acceptors (Lipinski definition) is 6. The minimum atomic E-state index is -3.91. The zero-order valence-electron chi connectivity index (χ0n) is 19.3. The summed E-state index contributed by atoms with van der Waals surface area (Å²) in [6.07, 6.45) is 1.41. The monoisotopic (exact) mass is 462 g/mol. The molecular weight excluding hydrogens is 432 g/mol. The summed E-state index contributed by atoms with van der Waals surface area (Å²) in [5.74, 6) is -0.307. The van der Waals surface area contributed by atoms with Crippen LogP contribution in [0.2, 0.25) is 0 Å². The molecule has 0 bridgehead atoms. The van der Waals surface area contributed by atoms with Gasteiger partial charge in [-0.2, -0.15) is 4.31 Å². The molecular formula is C23H30N2O6S. The van der Waals surface area contributed by atoms with Crippen LogP contribution in [0.25, 0.3) is 0 Å². The number of methoxy groups -OCH3 is 2. The van der Waals surface area contributed by atoms with Crippen molar-refractivity contribution >= 4 is 21.8 Å². The van der Waals surface area contributed by atoms with Crippen molar-refractivity contribution in [1.29, 1.82) is 0 Å². The Morgan fingerprint density at radius 1 is 1.16 bits per heavy atom. The van der Waals surface area contributed by atoms with Gasteiger partial charge >= 0.3 is 5.97 Å². The van der Waals surface area contributed by atoms with Crippen molar-refractivity contribution in [2.75, 3.05) is 14.2 Å². The topological polar surface area (TPSA) is 94.9 Å². The maximum atomic E-state index is 13.6. The van der Waals surface area contributed by atoms with Crippen LogP contribution < -0.4 is 4.74 Å². The molecule has 1 aliphatic carbocycles. The first-order chi connectivity index (χ1) is 15.1. The molecule has 1 atom stereocenters. The molecule has 0 N–H and O–H groups in total. The molecule has 9 heteroatoms. The van der Waals surface area contributed by atoms with Gasteiger partial charge in [0.1, 0.15) is 11.4 Å². The SMILES string of the molecule is CCn1c(C)c(C(=O)[C@H](C)N(C2CC2)S(=O)(=O)c2ccc(OC)cc2)c(C)c1C(=O)OC. The number of aromatic nitrogens is 1. The van der Waals surface area contributed by atoms with Crippen LogP contribution in [0, 0.1) is 13.8 Å². The number of ketones is 1. The highest BCUT2D eigenvalue weighted by Crippen LogP contribution is 2.36. The summed E-state index contributed by atoms with van der Waals surface area (Å²) in [6.45, 7) is 7.44. The van der Waals surface area contributed by atoms with Gasteiger partial charge in [-0.3, -0.25) is 4.79 Å². The van der Waals surface area contributed by atoms with Crippen LogP contribution in [0.5, 0.6) is 5.75 Å². The summed E-state index contributed by atoms with van der Waals surface area (Å²) in [6, 6.07) is 4.99. The lowest BCUT2D eigenvalue weighted by atomic mass is 10.0. The van der Waals surface area contributed by atoms with E-state index in [4.69, 9.17) is 9.47 Å². The number of benzene rings is 1. The van der Waals surface area contributed by atoms with E-state index in [0.717, 1.165) is 0 Å². The third-order valence-electron chi connectivity index (χ3n) is 6.01. The average molecular weight is 463 g/mol. The van der Waals surface area contributed by atoms with Gasteiger partial charge in [-0.05, 0) is 70.4 Å². The average Bonchev–Trinajstić information content (AvgIpc) is 3.57. The summed E-state index contributed by atoms with van der Waals surface area (Å²) < 4.78 is 40.1. The number of sulfonamides is 1. The Hall–Kier alpha value is -2.65. The van der Waals surface area contributed by atoms with Crippen molar-refractivity contribution in [2.45, 2.75) is 64.1 Å². The van der Waals surface area contributed by atoms with E-state index in [1.165, 1.54) is 30.7 Å². The number of hydrogen-bond donors (Lipinski definition) is 0. The van der Waals surface area contributed by atoms with E-state index in [1.54, 1.807) is 37.5 Å². The fraction of sp³-hybridized carbons (Fsp3) is 0.478. The van der Waals surface area contributed by atoms with Gasteiger partial charge in [0.15, 0.2) is 5.78 Å². The van der Waals surface area contributed by atoms with Gasteiger partial charge in [0, 0.05) is 23.8 Å². The van der Waals surface area contributed by atoms with Crippen LogP contribution in [0.15, 0.2) is 29.2 Å². The summed E-state index contributed by atoms with van der Waals surface area (Å²) in [5, 5.41) is 0. The van der Waals surface area contributed by atoms with Crippen molar-refractivity contribution < 1.29 is 27.5 Å². The standard InChI is InChI=1S/C23H30N2O6S/c1-7-24-15(3)20(14(2)21(24)23(27)31-6)22(26)16(4)25(17-8-9-17)32(28,29)19-12-10-18(30-5)11-13-19/h10-13,16-17H,7-9H2,1-6H3/t16-/m0/s1. The van der Waals surface area contributed by atoms with E-state index >= 15 is 0 Å². The highest BCUT2D eigenvalue weighted by atomic mass is 32.2. The highest BCUT2D eigenvalue weighted by Gasteiger charge is 2.44. The van der Waals surface area contributed by atoms with Gasteiger partial charge in [-0.25, -0.2) is 13.2 Å². The molecule has 0 spiro atoms. The summed E-state index contributed by atoms with van der Waals surface area (Å²) >= 11 is 0. The predicted molar refractivity (Wildman–Crippen MR) is 120 cm³/mol. The lowest BCUT2D eigenvalue weighted by molar-refractivity contribution is 0.0587. The molecule has 1 aliphatic rings. The molecule has 0 amide bonds. The quantitative estimate of drug-likeness (QED) is 0.419. The van der Waals surface area contributed by atoms with Gasteiger partial charge in [0.25, 0.3) is 0 Å². The van der Waals surface area contributed by atoms with Gasteiger partial charge in [-0.1, -0.05) is 0 Å². The molecule has 32 heavy (non-hydrogen) atoms. The largest absolute Gasteiger partial charge is 0.497 e. The Morgan fingerprint density at radius 2 is 1.75 bits per heavy atom. The van der Waals surface area contributed by atoms with Crippen molar-refractivity contribution in [1.82, 2.24) is 8.87 Å².